The van der Waals surface area contributed by atoms with Crippen LogP contribution in [0.15, 0.2) is 16.2 Å². The zero-order valence-corrected chi connectivity index (χ0v) is 12.7. The minimum atomic E-state index is 0.0333. The van der Waals surface area contributed by atoms with Gasteiger partial charge in [-0.15, -0.1) is 11.3 Å². The number of thiazole rings is 1. The van der Waals surface area contributed by atoms with Crippen LogP contribution in [-0.4, -0.2) is 40.5 Å². The maximum atomic E-state index is 12.1. The molecule has 0 amide bonds. The van der Waals surface area contributed by atoms with Crippen molar-refractivity contribution in [3.63, 3.8) is 0 Å². The molecule has 20 heavy (non-hydrogen) atoms. The molecule has 3 rings (SSSR count). The van der Waals surface area contributed by atoms with Gasteiger partial charge in [0, 0.05) is 36.3 Å². The Morgan fingerprint density at radius 3 is 3.20 bits per heavy atom. The second-order valence-electron chi connectivity index (χ2n) is 5.44. The van der Waals surface area contributed by atoms with E-state index in [1.165, 1.54) is 24.2 Å². The van der Waals surface area contributed by atoms with Crippen LogP contribution in [0.1, 0.15) is 24.2 Å². The van der Waals surface area contributed by atoms with Gasteiger partial charge in [0.05, 0.1) is 5.69 Å². The third-order valence-electron chi connectivity index (χ3n) is 3.93. The summed E-state index contributed by atoms with van der Waals surface area (Å²) in [4.78, 5) is 19.9. The zero-order valence-electron chi connectivity index (χ0n) is 11.9. The number of likely N-dealkylation sites (N-methyl/N-ethyl adjacent to an activating group) is 1. The molecular weight excluding hydrogens is 272 g/mol. The number of likely N-dealkylation sites (tertiary alicyclic amines) is 1. The minimum absolute atomic E-state index is 0.0333. The molecule has 1 aliphatic heterocycles. The second kappa shape index (κ2) is 5.63. The van der Waals surface area contributed by atoms with Crippen LogP contribution in [0.3, 0.4) is 0 Å². The summed E-state index contributed by atoms with van der Waals surface area (Å²) in [5.41, 5.74) is 1.88. The Morgan fingerprint density at radius 2 is 2.40 bits per heavy atom. The molecule has 1 N–H and O–H groups in total. The van der Waals surface area contributed by atoms with Crippen molar-refractivity contribution in [3.05, 3.63) is 33.2 Å². The van der Waals surface area contributed by atoms with Crippen molar-refractivity contribution in [1.29, 1.82) is 0 Å². The molecule has 2 aromatic rings. The molecule has 1 saturated heterocycles. The first-order valence-corrected chi connectivity index (χ1v) is 7.92. The van der Waals surface area contributed by atoms with Gasteiger partial charge in [0.2, 0.25) is 0 Å². The Hall–Kier alpha value is -1.24. The molecule has 1 unspecified atom stereocenters. The standard InChI is InChI=1S/C14H20N4OS/c1-10-9-20-14-16-12(6-13(19)18(10)14)8-17-5-3-4-11(7-17)15-2/h6,9,11,15H,3-5,7-8H2,1-2H3. The van der Waals surface area contributed by atoms with Crippen LogP contribution in [0.25, 0.3) is 4.96 Å². The van der Waals surface area contributed by atoms with Crippen LogP contribution < -0.4 is 10.9 Å². The zero-order chi connectivity index (χ0) is 14.1. The van der Waals surface area contributed by atoms with Gasteiger partial charge < -0.3 is 5.32 Å². The Morgan fingerprint density at radius 1 is 1.55 bits per heavy atom. The van der Waals surface area contributed by atoms with Crippen molar-refractivity contribution in [1.82, 2.24) is 19.6 Å². The van der Waals surface area contributed by atoms with Crippen LogP contribution in [0.4, 0.5) is 0 Å². The number of fused-ring (bicyclic) bond motifs is 1. The predicted octanol–water partition coefficient (Wildman–Crippen LogP) is 1.25. The highest BCUT2D eigenvalue weighted by molar-refractivity contribution is 7.15. The normalized spacial score (nSPS) is 20.6. The van der Waals surface area contributed by atoms with Crippen LogP contribution in [0.2, 0.25) is 0 Å². The SMILES string of the molecule is CNC1CCCN(Cc2cc(=O)n3c(C)csc3n2)C1. The lowest BCUT2D eigenvalue weighted by Gasteiger charge is -2.32. The summed E-state index contributed by atoms with van der Waals surface area (Å²) in [7, 11) is 2.01. The number of hydrogen-bond acceptors (Lipinski definition) is 5. The van der Waals surface area contributed by atoms with E-state index in [0.717, 1.165) is 36.0 Å². The van der Waals surface area contributed by atoms with Gasteiger partial charge >= 0.3 is 0 Å². The quantitative estimate of drug-likeness (QED) is 0.925. The molecule has 6 heteroatoms. The number of hydrogen-bond donors (Lipinski definition) is 1. The van der Waals surface area contributed by atoms with Gasteiger partial charge in [-0.25, -0.2) is 4.98 Å². The number of nitrogens with one attached hydrogen (secondary N) is 1. The summed E-state index contributed by atoms with van der Waals surface area (Å²) in [6.07, 6.45) is 2.43. The third-order valence-corrected chi connectivity index (χ3v) is 4.87. The molecule has 0 aromatic carbocycles. The Bertz CT molecular complexity index is 663. The van der Waals surface area contributed by atoms with Gasteiger partial charge in [-0.2, -0.15) is 0 Å². The van der Waals surface area contributed by atoms with Crippen molar-refractivity contribution < 1.29 is 0 Å². The van der Waals surface area contributed by atoms with Gasteiger partial charge in [-0.1, -0.05) is 0 Å². The van der Waals surface area contributed by atoms with Crippen molar-refractivity contribution >= 4 is 16.3 Å². The fourth-order valence-corrected chi connectivity index (χ4v) is 3.74. The van der Waals surface area contributed by atoms with Crippen molar-refractivity contribution in [3.8, 4) is 0 Å². The van der Waals surface area contributed by atoms with Gasteiger partial charge in [0.15, 0.2) is 4.96 Å². The maximum Gasteiger partial charge on any atom is 0.259 e. The summed E-state index contributed by atoms with van der Waals surface area (Å²) in [5.74, 6) is 0. The summed E-state index contributed by atoms with van der Waals surface area (Å²) in [6, 6.07) is 2.23. The molecule has 108 valence electrons. The van der Waals surface area contributed by atoms with Crippen molar-refractivity contribution in [2.24, 2.45) is 0 Å². The topological polar surface area (TPSA) is 49.6 Å². The molecule has 1 atom stereocenters. The van der Waals surface area contributed by atoms with Crippen molar-refractivity contribution in [2.45, 2.75) is 32.4 Å². The summed E-state index contributed by atoms with van der Waals surface area (Å²) in [6.45, 7) is 4.82. The number of nitrogens with zero attached hydrogens (tertiary/aromatic N) is 3. The highest BCUT2D eigenvalue weighted by Crippen LogP contribution is 2.15. The van der Waals surface area contributed by atoms with E-state index in [0.29, 0.717) is 6.04 Å². The molecule has 0 bridgehead atoms. The molecule has 5 nitrogen and oxygen atoms in total. The lowest BCUT2D eigenvalue weighted by Crippen LogP contribution is -2.44. The summed E-state index contributed by atoms with van der Waals surface area (Å²) in [5, 5.41) is 5.32. The molecule has 3 heterocycles. The first kappa shape index (κ1) is 13.7. The van der Waals surface area contributed by atoms with Gasteiger partial charge in [-0.3, -0.25) is 14.1 Å². The number of aryl methyl sites for hydroxylation is 1. The lowest BCUT2D eigenvalue weighted by molar-refractivity contribution is 0.186. The van der Waals surface area contributed by atoms with Crippen LogP contribution in [0.5, 0.6) is 0 Å². The summed E-state index contributed by atoms with van der Waals surface area (Å²) < 4.78 is 1.68. The molecule has 1 aliphatic rings. The van der Waals surface area contributed by atoms with E-state index < -0.39 is 0 Å². The Balaban J connectivity index is 1.82. The monoisotopic (exact) mass is 292 g/mol. The maximum absolute atomic E-state index is 12.1. The van der Waals surface area contributed by atoms with E-state index >= 15 is 0 Å². The average molecular weight is 292 g/mol. The van der Waals surface area contributed by atoms with Crippen LogP contribution in [0, 0.1) is 6.92 Å². The molecule has 0 radical (unpaired) electrons. The van der Waals surface area contributed by atoms with E-state index in [1.807, 2.05) is 19.4 Å². The van der Waals surface area contributed by atoms with E-state index in [1.54, 1.807) is 10.5 Å². The predicted molar refractivity (Wildman–Crippen MR) is 81.4 cm³/mol. The van der Waals surface area contributed by atoms with Crippen LogP contribution in [-0.2, 0) is 6.54 Å². The van der Waals surface area contributed by atoms with E-state index in [-0.39, 0.29) is 5.56 Å². The Labute approximate surface area is 122 Å². The first-order valence-electron chi connectivity index (χ1n) is 7.04. The molecule has 0 spiro atoms. The third kappa shape index (κ3) is 2.63. The van der Waals surface area contributed by atoms with Crippen LogP contribution >= 0.6 is 11.3 Å². The van der Waals surface area contributed by atoms with Crippen molar-refractivity contribution in [2.75, 3.05) is 20.1 Å². The fraction of sp³-hybridized carbons (Fsp3) is 0.571. The molecule has 2 aromatic heterocycles. The molecular formula is C14H20N4OS. The second-order valence-corrected chi connectivity index (χ2v) is 6.28. The lowest BCUT2D eigenvalue weighted by atomic mass is 10.1. The highest BCUT2D eigenvalue weighted by atomic mass is 32.1. The number of rotatable bonds is 3. The van der Waals surface area contributed by atoms with E-state index in [2.05, 4.69) is 15.2 Å². The summed E-state index contributed by atoms with van der Waals surface area (Å²) >= 11 is 1.53. The molecule has 0 saturated carbocycles. The minimum Gasteiger partial charge on any atom is -0.316 e. The smallest absolute Gasteiger partial charge is 0.259 e. The number of piperidine rings is 1. The highest BCUT2D eigenvalue weighted by Gasteiger charge is 2.19. The van der Waals surface area contributed by atoms with Gasteiger partial charge in [0.25, 0.3) is 5.56 Å². The van der Waals surface area contributed by atoms with Gasteiger partial charge in [-0.05, 0) is 33.4 Å². The molecule has 1 fully saturated rings. The average Bonchev–Trinajstić information content (AvgIpc) is 2.81. The van der Waals surface area contributed by atoms with E-state index in [9.17, 15) is 4.79 Å². The largest absolute Gasteiger partial charge is 0.316 e. The van der Waals surface area contributed by atoms with E-state index in [4.69, 9.17) is 0 Å². The number of aromatic nitrogens is 2. The fourth-order valence-electron chi connectivity index (χ4n) is 2.85. The Kier molecular flexibility index (Phi) is 3.87. The van der Waals surface area contributed by atoms with Gasteiger partial charge in [0.1, 0.15) is 0 Å². The first-order chi connectivity index (χ1) is 9.67. The molecule has 0 aliphatic carbocycles.